The van der Waals surface area contributed by atoms with Crippen molar-refractivity contribution in [2.45, 2.75) is 19.3 Å². The maximum absolute atomic E-state index is 9.81. The van der Waals surface area contributed by atoms with Gasteiger partial charge in [-0.1, -0.05) is 6.07 Å². The molecule has 0 aromatic carbocycles. The topological polar surface area (TPSA) is 39.2 Å². The fourth-order valence-corrected chi connectivity index (χ4v) is 1.11. The highest BCUT2D eigenvalue weighted by molar-refractivity contribution is 5.36. The van der Waals surface area contributed by atoms with E-state index in [1.807, 2.05) is 18.3 Å². The number of hydrogen-bond acceptors (Lipinski definition) is 3. The predicted octanol–water partition coefficient (Wildman–Crippen LogP) is 1.58. The first-order valence-corrected chi connectivity index (χ1v) is 4.37. The molecule has 0 atom stereocenters. The molecule has 3 nitrogen and oxygen atoms in total. The first-order valence-electron chi connectivity index (χ1n) is 4.37. The molecule has 3 heteroatoms. The Morgan fingerprint density at radius 2 is 2.38 bits per heavy atom. The second kappa shape index (κ2) is 6.17. The number of carbonyl (C=O) groups excluding carboxylic acids is 1. The van der Waals surface area contributed by atoms with Gasteiger partial charge in [0.2, 0.25) is 0 Å². The minimum Gasteiger partial charge on any atom is -0.468 e. The molecule has 0 bridgehead atoms. The van der Waals surface area contributed by atoms with Crippen LogP contribution in [0.25, 0.3) is 0 Å². The van der Waals surface area contributed by atoms with Crippen molar-refractivity contribution in [1.29, 1.82) is 0 Å². The number of aromatic nitrogens is 1. The lowest BCUT2D eigenvalue weighted by Crippen LogP contribution is -1.93. The summed E-state index contributed by atoms with van der Waals surface area (Å²) in [7, 11) is 0. The van der Waals surface area contributed by atoms with Gasteiger partial charge < -0.3 is 4.74 Å². The number of ether oxygens (including phenoxy) is 1. The summed E-state index contributed by atoms with van der Waals surface area (Å²) < 4.78 is 4.58. The van der Waals surface area contributed by atoms with Gasteiger partial charge in [-0.3, -0.25) is 9.78 Å². The van der Waals surface area contributed by atoms with Crippen molar-refractivity contribution in [2.75, 3.05) is 6.61 Å². The van der Waals surface area contributed by atoms with E-state index < -0.39 is 0 Å². The Labute approximate surface area is 77.8 Å². The highest BCUT2D eigenvalue weighted by atomic mass is 16.5. The van der Waals surface area contributed by atoms with Crippen LogP contribution in [0.15, 0.2) is 24.5 Å². The van der Waals surface area contributed by atoms with Crippen molar-refractivity contribution in [3.05, 3.63) is 30.1 Å². The molecule has 0 aliphatic rings. The van der Waals surface area contributed by atoms with Gasteiger partial charge in [-0.15, -0.1) is 0 Å². The Morgan fingerprint density at radius 1 is 1.46 bits per heavy atom. The van der Waals surface area contributed by atoms with Gasteiger partial charge in [0.1, 0.15) is 0 Å². The lowest BCUT2D eigenvalue weighted by Gasteiger charge is -1.99. The minimum absolute atomic E-state index is 0.490. The first-order chi connectivity index (χ1) is 6.43. The van der Waals surface area contributed by atoms with Crippen molar-refractivity contribution in [3.63, 3.8) is 0 Å². The molecule has 1 rings (SSSR count). The molecule has 1 aromatic rings. The third-order valence-electron chi connectivity index (χ3n) is 1.77. The number of pyridine rings is 1. The molecule has 0 aliphatic heterocycles. The van der Waals surface area contributed by atoms with Crippen molar-refractivity contribution >= 4 is 6.47 Å². The van der Waals surface area contributed by atoms with Crippen molar-refractivity contribution in [3.8, 4) is 0 Å². The van der Waals surface area contributed by atoms with E-state index in [0.717, 1.165) is 19.3 Å². The first kappa shape index (κ1) is 9.71. The highest BCUT2D eigenvalue weighted by Gasteiger charge is 1.92. The van der Waals surface area contributed by atoms with Crippen LogP contribution >= 0.6 is 0 Å². The van der Waals surface area contributed by atoms with E-state index in [4.69, 9.17) is 0 Å². The second-order valence-corrected chi connectivity index (χ2v) is 2.79. The molecule has 0 radical (unpaired) electrons. The van der Waals surface area contributed by atoms with E-state index in [0.29, 0.717) is 13.1 Å². The zero-order valence-electron chi connectivity index (χ0n) is 7.48. The van der Waals surface area contributed by atoms with Crippen LogP contribution < -0.4 is 0 Å². The van der Waals surface area contributed by atoms with Gasteiger partial charge in [0.15, 0.2) is 0 Å². The van der Waals surface area contributed by atoms with Gasteiger partial charge in [0.05, 0.1) is 6.61 Å². The van der Waals surface area contributed by atoms with E-state index in [2.05, 4.69) is 9.72 Å². The van der Waals surface area contributed by atoms with Gasteiger partial charge >= 0.3 is 0 Å². The smallest absolute Gasteiger partial charge is 0.293 e. The predicted molar refractivity (Wildman–Crippen MR) is 49.2 cm³/mol. The van der Waals surface area contributed by atoms with Crippen LogP contribution in [0, 0.1) is 0 Å². The zero-order chi connectivity index (χ0) is 9.36. The minimum atomic E-state index is 0.490. The Morgan fingerprint density at radius 3 is 3.08 bits per heavy atom. The van der Waals surface area contributed by atoms with Crippen LogP contribution in [0.1, 0.15) is 18.4 Å². The SMILES string of the molecule is O=COCCCCc1cccnc1. The van der Waals surface area contributed by atoms with Gasteiger partial charge in [-0.2, -0.15) is 0 Å². The fraction of sp³-hybridized carbons (Fsp3) is 0.400. The molecule has 0 saturated heterocycles. The third kappa shape index (κ3) is 4.25. The normalized spacial score (nSPS) is 9.54. The van der Waals surface area contributed by atoms with Crippen LogP contribution in [0.2, 0.25) is 0 Å². The van der Waals surface area contributed by atoms with Gasteiger partial charge in [-0.05, 0) is 30.9 Å². The number of aryl methyl sites for hydroxylation is 1. The lowest BCUT2D eigenvalue weighted by atomic mass is 10.1. The molecule has 13 heavy (non-hydrogen) atoms. The third-order valence-corrected chi connectivity index (χ3v) is 1.77. The number of unbranched alkanes of at least 4 members (excludes halogenated alkanes) is 1. The van der Waals surface area contributed by atoms with E-state index in [1.165, 1.54) is 5.56 Å². The van der Waals surface area contributed by atoms with Gasteiger partial charge in [0.25, 0.3) is 6.47 Å². The van der Waals surface area contributed by atoms with Gasteiger partial charge in [0, 0.05) is 12.4 Å². The number of hydrogen-bond donors (Lipinski definition) is 0. The summed E-state index contributed by atoms with van der Waals surface area (Å²) in [6, 6.07) is 3.98. The maximum Gasteiger partial charge on any atom is 0.293 e. The highest BCUT2D eigenvalue weighted by Crippen LogP contribution is 2.02. The Bertz CT molecular complexity index is 236. The zero-order valence-corrected chi connectivity index (χ0v) is 7.48. The second-order valence-electron chi connectivity index (χ2n) is 2.79. The van der Waals surface area contributed by atoms with E-state index >= 15 is 0 Å². The molecular formula is C10H13NO2. The molecule has 1 aromatic heterocycles. The van der Waals surface area contributed by atoms with Crippen molar-refractivity contribution in [2.24, 2.45) is 0 Å². The fourth-order valence-electron chi connectivity index (χ4n) is 1.11. The molecule has 0 spiro atoms. The summed E-state index contributed by atoms with van der Waals surface area (Å²) in [5, 5.41) is 0. The maximum atomic E-state index is 9.81. The monoisotopic (exact) mass is 179 g/mol. The Hall–Kier alpha value is -1.38. The lowest BCUT2D eigenvalue weighted by molar-refractivity contribution is -0.128. The Kier molecular flexibility index (Phi) is 4.61. The van der Waals surface area contributed by atoms with Crippen LogP contribution in [0.5, 0.6) is 0 Å². The summed E-state index contributed by atoms with van der Waals surface area (Å²) >= 11 is 0. The standard InChI is InChI=1S/C10H13NO2/c12-9-13-7-2-1-4-10-5-3-6-11-8-10/h3,5-6,8-9H,1-2,4,7H2. The summed E-state index contributed by atoms with van der Waals surface area (Å²) in [5.74, 6) is 0. The van der Waals surface area contributed by atoms with Crippen LogP contribution in [-0.4, -0.2) is 18.1 Å². The molecular weight excluding hydrogens is 166 g/mol. The summed E-state index contributed by atoms with van der Waals surface area (Å²) in [4.78, 5) is 13.8. The Balaban J connectivity index is 2.10. The van der Waals surface area contributed by atoms with Crippen LogP contribution in [0.4, 0.5) is 0 Å². The van der Waals surface area contributed by atoms with Crippen LogP contribution in [-0.2, 0) is 16.0 Å². The van der Waals surface area contributed by atoms with E-state index in [1.54, 1.807) is 6.20 Å². The van der Waals surface area contributed by atoms with Crippen molar-refractivity contribution < 1.29 is 9.53 Å². The molecule has 0 fully saturated rings. The van der Waals surface area contributed by atoms with Crippen molar-refractivity contribution in [1.82, 2.24) is 4.98 Å². The summed E-state index contributed by atoms with van der Waals surface area (Å²) in [6.45, 7) is 1.01. The van der Waals surface area contributed by atoms with E-state index in [-0.39, 0.29) is 0 Å². The average Bonchev–Trinajstić information content (AvgIpc) is 2.19. The molecule has 1 heterocycles. The quantitative estimate of drug-likeness (QED) is 0.491. The molecule has 70 valence electrons. The molecule has 0 aliphatic carbocycles. The number of carbonyl (C=O) groups is 1. The molecule has 0 unspecified atom stereocenters. The van der Waals surface area contributed by atoms with Gasteiger partial charge in [-0.25, -0.2) is 0 Å². The molecule has 0 amide bonds. The largest absolute Gasteiger partial charge is 0.468 e. The molecule has 0 saturated carbocycles. The summed E-state index contributed by atoms with van der Waals surface area (Å²) in [6.07, 6.45) is 6.56. The number of nitrogens with zero attached hydrogens (tertiary/aromatic N) is 1. The van der Waals surface area contributed by atoms with Crippen LogP contribution in [0.3, 0.4) is 0 Å². The summed E-state index contributed by atoms with van der Waals surface area (Å²) in [5.41, 5.74) is 1.23. The number of rotatable bonds is 6. The molecule has 0 N–H and O–H groups in total. The van der Waals surface area contributed by atoms with E-state index in [9.17, 15) is 4.79 Å². The average molecular weight is 179 g/mol.